The van der Waals surface area contributed by atoms with Crippen molar-refractivity contribution in [1.82, 2.24) is 19.7 Å². The summed E-state index contributed by atoms with van der Waals surface area (Å²) in [7, 11) is 0. The average molecular weight is 311 g/mol. The molecule has 0 aromatic carbocycles. The Morgan fingerprint density at radius 2 is 2.23 bits per heavy atom. The van der Waals surface area contributed by atoms with Crippen LogP contribution in [0.4, 0.5) is 5.95 Å². The fourth-order valence-electron chi connectivity index (χ4n) is 2.74. The Morgan fingerprint density at radius 3 is 2.82 bits per heavy atom. The summed E-state index contributed by atoms with van der Waals surface area (Å²) < 4.78 is 6.69. The molecule has 120 valence electrons. The monoisotopic (exact) mass is 311 g/mol. The second-order valence-corrected chi connectivity index (χ2v) is 5.56. The molecule has 22 heavy (non-hydrogen) atoms. The van der Waals surface area contributed by atoms with Gasteiger partial charge in [0.25, 0.3) is 5.56 Å². The van der Waals surface area contributed by atoms with Gasteiger partial charge in [-0.25, -0.2) is 4.68 Å². The van der Waals surface area contributed by atoms with E-state index in [0.29, 0.717) is 5.69 Å². The van der Waals surface area contributed by atoms with Gasteiger partial charge in [0.05, 0.1) is 12.3 Å². The summed E-state index contributed by atoms with van der Waals surface area (Å²) in [6.07, 6.45) is -3.41. The van der Waals surface area contributed by atoms with Gasteiger partial charge < -0.3 is 25.8 Å². The van der Waals surface area contributed by atoms with Crippen LogP contribution in [0.3, 0.4) is 0 Å². The van der Waals surface area contributed by atoms with E-state index in [0.717, 1.165) is 0 Å². The molecule has 0 unspecified atom stereocenters. The third-order valence-electron chi connectivity index (χ3n) is 3.91. The largest absolute Gasteiger partial charge is 0.394 e. The summed E-state index contributed by atoms with van der Waals surface area (Å²) in [5, 5.41) is 34.2. The number of hydrogen-bond donors (Lipinski definition) is 5. The molecule has 0 amide bonds. The van der Waals surface area contributed by atoms with Gasteiger partial charge in [-0.1, -0.05) is 0 Å². The highest BCUT2D eigenvalue weighted by molar-refractivity contribution is 5.78. The number of aromatic nitrogens is 4. The van der Waals surface area contributed by atoms with E-state index >= 15 is 0 Å². The van der Waals surface area contributed by atoms with Crippen molar-refractivity contribution in [2.45, 2.75) is 37.9 Å². The number of nitrogens with two attached hydrogens (primary N) is 1. The number of fused-ring (bicyclic) bond motifs is 1. The third-order valence-corrected chi connectivity index (χ3v) is 3.91. The first-order chi connectivity index (χ1) is 10.3. The van der Waals surface area contributed by atoms with E-state index in [2.05, 4.69) is 15.1 Å². The fourth-order valence-corrected chi connectivity index (χ4v) is 2.74. The van der Waals surface area contributed by atoms with E-state index < -0.39 is 36.2 Å². The Hall–Kier alpha value is -2.01. The minimum atomic E-state index is -1.72. The van der Waals surface area contributed by atoms with Crippen molar-refractivity contribution < 1.29 is 20.1 Å². The normalized spacial score (nSPS) is 32.0. The molecule has 1 fully saturated rings. The Labute approximate surface area is 124 Å². The van der Waals surface area contributed by atoms with Crippen LogP contribution in [-0.2, 0) is 4.74 Å². The van der Waals surface area contributed by atoms with Crippen molar-refractivity contribution in [2.24, 2.45) is 0 Å². The number of rotatable bonds is 2. The van der Waals surface area contributed by atoms with Gasteiger partial charge >= 0.3 is 0 Å². The molecule has 0 bridgehead atoms. The van der Waals surface area contributed by atoms with Crippen LogP contribution in [0.15, 0.2) is 4.79 Å². The topological polar surface area (TPSA) is 160 Å². The Balaban J connectivity index is 2.21. The number of aryl methyl sites for hydroxylation is 1. The van der Waals surface area contributed by atoms with Crippen molar-refractivity contribution in [3.05, 3.63) is 16.0 Å². The Kier molecular flexibility index (Phi) is 3.22. The number of nitrogens with one attached hydrogen (secondary N) is 1. The zero-order valence-corrected chi connectivity index (χ0v) is 12.0. The molecule has 1 aliphatic heterocycles. The van der Waals surface area contributed by atoms with Crippen LogP contribution in [0.1, 0.15) is 18.8 Å². The molecular formula is C12H17N5O5. The van der Waals surface area contributed by atoms with Crippen LogP contribution < -0.4 is 11.3 Å². The Bertz CT molecular complexity index is 782. The van der Waals surface area contributed by atoms with Gasteiger partial charge in [-0.05, 0) is 13.8 Å². The molecule has 1 saturated heterocycles. The number of aliphatic hydroxyl groups is 3. The third kappa shape index (κ3) is 1.92. The van der Waals surface area contributed by atoms with Crippen molar-refractivity contribution >= 4 is 17.0 Å². The molecule has 4 atom stereocenters. The molecule has 0 aliphatic carbocycles. The first kappa shape index (κ1) is 14.9. The van der Waals surface area contributed by atoms with Crippen LogP contribution >= 0.6 is 0 Å². The quantitative estimate of drug-likeness (QED) is 0.426. The van der Waals surface area contributed by atoms with Crippen molar-refractivity contribution in [3.8, 4) is 0 Å². The summed E-state index contributed by atoms with van der Waals surface area (Å²) in [5.41, 5.74) is 3.88. The maximum absolute atomic E-state index is 12.0. The number of ether oxygens (including phenoxy) is 1. The van der Waals surface area contributed by atoms with E-state index in [-0.39, 0.29) is 17.0 Å². The van der Waals surface area contributed by atoms with Gasteiger partial charge in [-0.3, -0.25) is 9.78 Å². The summed E-state index contributed by atoms with van der Waals surface area (Å²) in [6.45, 7) is 2.50. The predicted molar refractivity (Wildman–Crippen MR) is 74.9 cm³/mol. The van der Waals surface area contributed by atoms with E-state index in [4.69, 9.17) is 10.5 Å². The molecule has 0 spiro atoms. The zero-order chi connectivity index (χ0) is 16.2. The highest BCUT2D eigenvalue weighted by atomic mass is 16.6. The van der Waals surface area contributed by atoms with Gasteiger partial charge in [-0.2, -0.15) is 10.1 Å². The van der Waals surface area contributed by atoms with Gasteiger partial charge in [-0.15, -0.1) is 0 Å². The van der Waals surface area contributed by atoms with Gasteiger partial charge in [0.1, 0.15) is 23.2 Å². The number of nitrogens with zero attached hydrogens (tertiary/aromatic N) is 3. The summed E-state index contributed by atoms with van der Waals surface area (Å²) in [5.74, 6) is -0.101. The lowest BCUT2D eigenvalue weighted by Crippen LogP contribution is -2.44. The van der Waals surface area contributed by atoms with Crippen LogP contribution in [-0.4, -0.2) is 59.5 Å². The number of anilines is 1. The van der Waals surface area contributed by atoms with Gasteiger partial charge in [0.2, 0.25) is 5.95 Å². The van der Waals surface area contributed by atoms with Crippen molar-refractivity contribution in [3.63, 3.8) is 0 Å². The molecule has 3 heterocycles. The number of aromatic amines is 1. The summed E-state index contributed by atoms with van der Waals surface area (Å²) in [4.78, 5) is 18.4. The SMILES string of the molecule is Cc1nn([C@@H]2O[C@H](CO)[C@@H](O)[C@@]2(C)O)c2nc(N)[nH]c(=O)c12. The zero-order valence-electron chi connectivity index (χ0n) is 12.0. The highest BCUT2D eigenvalue weighted by Gasteiger charge is 2.53. The minimum absolute atomic E-state index is 0.101. The van der Waals surface area contributed by atoms with Crippen LogP contribution in [0, 0.1) is 6.92 Å². The van der Waals surface area contributed by atoms with Crippen LogP contribution in [0.5, 0.6) is 0 Å². The molecule has 3 rings (SSSR count). The number of aliphatic hydroxyl groups excluding tert-OH is 2. The van der Waals surface area contributed by atoms with Crippen LogP contribution in [0.2, 0.25) is 0 Å². The molecule has 0 saturated carbocycles. The maximum Gasteiger partial charge on any atom is 0.263 e. The second-order valence-electron chi connectivity index (χ2n) is 5.56. The predicted octanol–water partition coefficient (Wildman–Crippen LogP) is -1.99. The first-order valence-corrected chi connectivity index (χ1v) is 6.68. The van der Waals surface area contributed by atoms with Gasteiger partial charge in [0.15, 0.2) is 11.9 Å². The van der Waals surface area contributed by atoms with Crippen molar-refractivity contribution in [1.29, 1.82) is 0 Å². The first-order valence-electron chi connectivity index (χ1n) is 6.68. The average Bonchev–Trinajstić information content (AvgIpc) is 2.86. The Morgan fingerprint density at radius 1 is 1.55 bits per heavy atom. The molecule has 1 aliphatic rings. The van der Waals surface area contributed by atoms with Crippen molar-refractivity contribution in [2.75, 3.05) is 12.3 Å². The standard InChI is InChI=1S/C12H17N5O5/c1-4-6-8(14-11(13)15-9(6)20)17(16-4)10-12(2,21)7(19)5(3-18)22-10/h5,7,10,18-19,21H,3H2,1-2H3,(H3,13,14,15,20)/t5-,7-,10-,12-/m1/s1. The highest BCUT2D eigenvalue weighted by Crippen LogP contribution is 2.39. The molecular weight excluding hydrogens is 294 g/mol. The lowest BCUT2D eigenvalue weighted by atomic mass is 9.97. The van der Waals surface area contributed by atoms with E-state index in [9.17, 15) is 20.1 Å². The smallest absolute Gasteiger partial charge is 0.263 e. The molecule has 0 radical (unpaired) electrons. The number of H-pyrrole nitrogens is 1. The molecule has 6 N–H and O–H groups in total. The minimum Gasteiger partial charge on any atom is -0.394 e. The molecule has 10 heteroatoms. The molecule has 2 aromatic heterocycles. The second kappa shape index (κ2) is 4.74. The van der Waals surface area contributed by atoms with E-state index in [1.54, 1.807) is 6.92 Å². The summed E-state index contributed by atoms with van der Waals surface area (Å²) >= 11 is 0. The number of nitrogen functional groups attached to an aromatic ring is 1. The molecule has 10 nitrogen and oxygen atoms in total. The number of hydrogen-bond acceptors (Lipinski definition) is 8. The lowest BCUT2D eigenvalue weighted by Gasteiger charge is -2.26. The van der Waals surface area contributed by atoms with E-state index in [1.807, 2.05) is 0 Å². The molecule has 2 aromatic rings. The summed E-state index contributed by atoms with van der Waals surface area (Å²) in [6, 6.07) is 0. The fraction of sp³-hybridized carbons (Fsp3) is 0.583. The lowest BCUT2D eigenvalue weighted by molar-refractivity contribution is -0.100. The van der Waals surface area contributed by atoms with Crippen LogP contribution in [0.25, 0.3) is 11.0 Å². The van der Waals surface area contributed by atoms with Gasteiger partial charge in [0, 0.05) is 0 Å². The van der Waals surface area contributed by atoms with E-state index in [1.165, 1.54) is 11.6 Å². The maximum atomic E-state index is 12.0.